The molecule has 2 aromatic rings. The zero-order valence-corrected chi connectivity index (χ0v) is 20.0. The maximum absolute atomic E-state index is 12.1. The Bertz CT molecular complexity index is 1010. The molecule has 0 heterocycles. The maximum Gasteiger partial charge on any atom is 0.276 e. The van der Waals surface area contributed by atoms with Gasteiger partial charge in [0.25, 0.3) is 5.91 Å². The molecular formula is C24H29N3O5S. The molecule has 2 rings (SSSR count). The summed E-state index contributed by atoms with van der Waals surface area (Å²) in [6.07, 6.45) is 3.87. The van der Waals surface area contributed by atoms with E-state index < -0.39 is 11.8 Å². The molecule has 0 aromatic heterocycles. The van der Waals surface area contributed by atoms with Crippen molar-refractivity contribution in [3.8, 4) is 17.2 Å². The summed E-state index contributed by atoms with van der Waals surface area (Å²) >= 11 is 5.03. The highest BCUT2D eigenvalue weighted by molar-refractivity contribution is 7.80. The number of para-hydroxylation sites is 1. The first-order valence-electron chi connectivity index (χ1n) is 10.4. The van der Waals surface area contributed by atoms with Crippen molar-refractivity contribution in [1.82, 2.24) is 16.2 Å². The Kier molecular flexibility index (Phi) is 10.2. The van der Waals surface area contributed by atoms with Gasteiger partial charge in [-0.1, -0.05) is 38.1 Å². The van der Waals surface area contributed by atoms with E-state index in [4.69, 9.17) is 26.4 Å². The highest BCUT2D eigenvalue weighted by Crippen LogP contribution is 2.29. The molecule has 0 saturated carbocycles. The zero-order chi connectivity index (χ0) is 24.2. The first-order chi connectivity index (χ1) is 15.9. The Labute approximate surface area is 199 Å². The highest BCUT2D eigenvalue weighted by atomic mass is 32.1. The minimum absolute atomic E-state index is 0.0506. The van der Waals surface area contributed by atoms with Gasteiger partial charge < -0.3 is 14.2 Å². The van der Waals surface area contributed by atoms with Crippen LogP contribution >= 0.6 is 12.2 Å². The monoisotopic (exact) mass is 471 g/mol. The Morgan fingerprint density at radius 2 is 1.76 bits per heavy atom. The van der Waals surface area contributed by atoms with E-state index in [2.05, 4.69) is 30.0 Å². The summed E-state index contributed by atoms with van der Waals surface area (Å²) in [7, 11) is 3.08. The fourth-order valence-corrected chi connectivity index (χ4v) is 3.01. The second-order valence-electron chi connectivity index (χ2n) is 7.08. The molecule has 0 aliphatic carbocycles. The first-order valence-corrected chi connectivity index (χ1v) is 10.8. The van der Waals surface area contributed by atoms with Gasteiger partial charge in [-0.15, -0.1) is 0 Å². The summed E-state index contributed by atoms with van der Waals surface area (Å²) < 4.78 is 16.1. The van der Waals surface area contributed by atoms with E-state index in [0.717, 1.165) is 17.5 Å². The third-order valence-electron chi connectivity index (χ3n) is 4.81. The van der Waals surface area contributed by atoms with Gasteiger partial charge >= 0.3 is 0 Å². The quantitative estimate of drug-likeness (QED) is 0.293. The number of thiocarbonyl (C=S) groups is 1. The van der Waals surface area contributed by atoms with Gasteiger partial charge in [-0.2, -0.15) is 0 Å². The molecule has 176 valence electrons. The van der Waals surface area contributed by atoms with E-state index in [1.165, 1.54) is 13.2 Å². The van der Waals surface area contributed by atoms with Gasteiger partial charge in [0.2, 0.25) is 5.91 Å². The van der Waals surface area contributed by atoms with Crippen molar-refractivity contribution in [1.29, 1.82) is 0 Å². The summed E-state index contributed by atoms with van der Waals surface area (Å²) in [6.45, 7) is 4.00. The summed E-state index contributed by atoms with van der Waals surface area (Å²) in [5, 5.41) is 2.39. The molecule has 0 radical (unpaired) electrons. The van der Waals surface area contributed by atoms with Crippen molar-refractivity contribution in [3.63, 3.8) is 0 Å². The van der Waals surface area contributed by atoms with E-state index in [9.17, 15) is 9.59 Å². The van der Waals surface area contributed by atoms with Gasteiger partial charge in [0.15, 0.2) is 23.2 Å². The lowest BCUT2D eigenvalue weighted by Crippen LogP contribution is -2.49. The van der Waals surface area contributed by atoms with Crippen LogP contribution in [0.4, 0.5) is 0 Å². The molecule has 0 aliphatic heterocycles. The number of carbonyl (C=O) groups excluding carboxylic acids is 2. The minimum Gasteiger partial charge on any atom is -0.493 e. The number of methoxy groups -OCH3 is 2. The van der Waals surface area contributed by atoms with Crippen LogP contribution in [0.15, 0.2) is 48.5 Å². The molecule has 0 saturated heterocycles. The summed E-state index contributed by atoms with van der Waals surface area (Å²) in [5.74, 6) is 1.22. The van der Waals surface area contributed by atoms with E-state index in [0.29, 0.717) is 23.2 Å². The topological polar surface area (TPSA) is 97.9 Å². The average molecular weight is 472 g/mol. The second kappa shape index (κ2) is 13.1. The van der Waals surface area contributed by atoms with Crippen LogP contribution in [-0.2, 0) is 9.59 Å². The predicted molar refractivity (Wildman–Crippen MR) is 131 cm³/mol. The van der Waals surface area contributed by atoms with Crippen molar-refractivity contribution < 1.29 is 23.8 Å². The number of hydrazine groups is 1. The average Bonchev–Trinajstić information content (AvgIpc) is 2.84. The van der Waals surface area contributed by atoms with Crippen LogP contribution < -0.4 is 30.4 Å². The Balaban J connectivity index is 1.79. The Hall–Kier alpha value is -3.59. The molecule has 0 bridgehead atoms. The Morgan fingerprint density at radius 1 is 1.03 bits per heavy atom. The number of carbonyl (C=O) groups is 2. The normalized spacial score (nSPS) is 11.4. The molecule has 2 aromatic carbocycles. The number of amides is 2. The fraction of sp³-hybridized carbons (Fsp3) is 0.292. The summed E-state index contributed by atoms with van der Waals surface area (Å²) in [6, 6.07) is 12.9. The molecule has 3 N–H and O–H groups in total. The minimum atomic E-state index is -0.463. The van der Waals surface area contributed by atoms with Gasteiger partial charge in [0, 0.05) is 6.08 Å². The van der Waals surface area contributed by atoms with Crippen LogP contribution in [0.1, 0.15) is 37.3 Å². The number of nitrogens with one attached hydrogen (secondary N) is 3. The standard InChI is InChI=1S/C24H29N3O5S/c1-5-16(2)18-8-6-7-9-19(18)32-15-23(29)26-27-24(33)25-22(28)13-11-17-10-12-20(30-3)21(14-17)31-4/h6-14,16H,5,15H2,1-4H3,(H,26,29)(H2,25,27,28,33). The fourth-order valence-electron chi connectivity index (χ4n) is 2.86. The van der Waals surface area contributed by atoms with E-state index in [1.807, 2.05) is 24.3 Å². The van der Waals surface area contributed by atoms with Crippen molar-refractivity contribution >= 4 is 35.2 Å². The third kappa shape index (κ3) is 8.12. The number of hydrogen-bond donors (Lipinski definition) is 3. The van der Waals surface area contributed by atoms with Crippen molar-refractivity contribution in [3.05, 3.63) is 59.7 Å². The van der Waals surface area contributed by atoms with Crippen LogP contribution in [0, 0.1) is 0 Å². The lowest BCUT2D eigenvalue weighted by atomic mass is 9.98. The molecule has 33 heavy (non-hydrogen) atoms. The van der Waals surface area contributed by atoms with Crippen LogP contribution in [0.3, 0.4) is 0 Å². The smallest absolute Gasteiger partial charge is 0.276 e. The number of hydrogen-bond acceptors (Lipinski definition) is 6. The van der Waals surface area contributed by atoms with Crippen molar-refractivity contribution in [2.24, 2.45) is 0 Å². The molecule has 1 unspecified atom stereocenters. The van der Waals surface area contributed by atoms with Gasteiger partial charge in [-0.3, -0.25) is 25.8 Å². The molecular weight excluding hydrogens is 442 g/mol. The van der Waals surface area contributed by atoms with Crippen LogP contribution in [0.2, 0.25) is 0 Å². The third-order valence-corrected chi connectivity index (χ3v) is 5.01. The SMILES string of the molecule is CCC(C)c1ccccc1OCC(=O)NNC(=S)NC(=O)C=Cc1ccc(OC)c(OC)c1. The molecule has 8 nitrogen and oxygen atoms in total. The lowest BCUT2D eigenvalue weighted by Gasteiger charge is -2.16. The molecule has 0 spiro atoms. The largest absolute Gasteiger partial charge is 0.493 e. The first kappa shape index (κ1) is 25.7. The van der Waals surface area contributed by atoms with E-state index in [1.54, 1.807) is 31.4 Å². The second-order valence-corrected chi connectivity index (χ2v) is 7.48. The lowest BCUT2D eigenvalue weighted by molar-refractivity contribution is -0.123. The number of benzene rings is 2. The van der Waals surface area contributed by atoms with Gasteiger partial charge in [0.05, 0.1) is 14.2 Å². The molecule has 0 aliphatic rings. The summed E-state index contributed by atoms with van der Waals surface area (Å²) in [4.78, 5) is 24.1. The van der Waals surface area contributed by atoms with Gasteiger partial charge in [0.1, 0.15) is 5.75 Å². The van der Waals surface area contributed by atoms with Crippen molar-refractivity contribution in [2.45, 2.75) is 26.2 Å². The molecule has 2 amide bonds. The zero-order valence-electron chi connectivity index (χ0n) is 19.1. The number of rotatable bonds is 9. The molecule has 9 heteroatoms. The van der Waals surface area contributed by atoms with Crippen LogP contribution in [-0.4, -0.2) is 37.8 Å². The predicted octanol–water partition coefficient (Wildman–Crippen LogP) is 3.33. The van der Waals surface area contributed by atoms with Crippen LogP contribution in [0.5, 0.6) is 17.2 Å². The van der Waals surface area contributed by atoms with Crippen molar-refractivity contribution in [2.75, 3.05) is 20.8 Å². The van der Waals surface area contributed by atoms with E-state index in [-0.39, 0.29) is 11.7 Å². The molecule has 0 fully saturated rings. The van der Waals surface area contributed by atoms with E-state index >= 15 is 0 Å². The summed E-state index contributed by atoms with van der Waals surface area (Å²) in [5.41, 5.74) is 6.66. The van der Waals surface area contributed by atoms with Crippen LogP contribution in [0.25, 0.3) is 6.08 Å². The number of ether oxygens (including phenoxy) is 3. The van der Waals surface area contributed by atoms with Gasteiger partial charge in [-0.05, 0) is 60.0 Å². The Morgan fingerprint density at radius 3 is 2.45 bits per heavy atom. The molecule has 1 atom stereocenters. The highest BCUT2D eigenvalue weighted by Gasteiger charge is 2.11. The van der Waals surface area contributed by atoms with Gasteiger partial charge in [-0.25, -0.2) is 0 Å². The maximum atomic E-state index is 12.1.